The number of amides is 1. The highest BCUT2D eigenvalue weighted by Gasteiger charge is 2.11. The first-order valence-corrected chi connectivity index (χ1v) is 5.31. The average molecular weight is 240 g/mol. The van der Waals surface area contributed by atoms with Gasteiger partial charge in [-0.15, -0.1) is 0 Å². The van der Waals surface area contributed by atoms with E-state index in [-0.39, 0.29) is 24.1 Å². The molecule has 0 fully saturated rings. The molecule has 6 heteroatoms. The van der Waals surface area contributed by atoms with Gasteiger partial charge in [0.15, 0.2) is 0 Å². The Morgan fingerprint density at radius 1 is 1.53 bits per heavy atom. The van der Waals surface area contributed by atoms with E-state index in [1.165, 1.54) is 12.1 Å². The lowest BCUT2D eigenvalue weighted by atomic mass is 10.1. The van der Waals surface area contributed by atoms with Crippen molar-refractivity contribution in [3.05, 3.63) is 23.7 Å². The van der Waals surface area contributed by atoms with Crippen LogP contribution in [0.2, 0.25) is 0 Å². The first kappa shape index (κ1) is 13.2. The highest BCUT2D eigenvalue weighted by Crippen LogP contribution is 2.07. The molecule has 1 rings (SSSR count). The minimum absolute atomic E-state index is 0.126. The number of nitrogens with one attached hydrogen (secondary N) is 1. The summed E-state index contributed by atoms with van der Waals surface area (Å²) >= 11 is 0. The SMILES string of the molecule is CC(CN)CC(=O)NCc1ccc(C(=O)O)o1. The van der Waals surface area contributed by atoms with Crippen molar-refractivity contribution in [2.45, 2.75) is 19.9 Å². The molecule has 4 N–H and O–H groups in total. The van der Waals surface area contributed by atoms with Crippen molar-refractivity contribution in [1.29, 1.82) is 0 Å². The largest absolute Gasteiger partial charge is 0.475 e. The molecule has 0 aliphatic carbocycles. The Balaban J connectivity index is 2.39. The maximum Gasteiger partial charge on any atom is 0.371 e. The Morgan fingerprint density at radius 3 is 2.76 bits per heavy atom. The van der Waals surface area contributed by atoms with E-state index in [9.17, 15) is 9.59 Å². The summed E-state index contributed by atoms with van der Waals surface area (Å²) in [5.41, 5.74) is 5.40. The predicted molar refractivity (Wildman–Crippen MR) is 60.3 cm³/mol. The molecule has 0 saturated heterocycles. The first-order chi connectivity index (χ1) is 8.02. The van der Waals surface area contributed by atoms with Crippen LogP contribution in [0, 0.1) is 5.92 Å². The maximum absolute atomic E-state index is 11.4. The Labute approximate surface area is 98.8 Å². The van der Waals surface area contributed by atoms with Crippen molar-refractivity contribution < 1.29 is 19.1 Å². The normalized spacial score (nSPS) is 12.1. The summed E-state index contributed by atoms with van der Waals surface area (Å²) in [4.78, 5) is 21.9. The number of carbonyl (C=O) groups is 2. The minimum Gasteiger partial charge on any atom is -0.475 e. The summed E-state index contributed by atoms with van der Waals surface area (Å²) in [6, 6.07) is 2.88. The van der Waals surface area contributed by atoms with Gasteiger partial charge >= 0.3 is 5.97 Å². The van der Waals surface area contributed by atoms with Crippen molar-refractivity contribution in [1.82, 2.24) is 5.32 Å². The van der Waals surface area contributed by atoms with E-state index in [1.807, 2.05) is 6.92 Å². The van der Waals surface area contributed by atoms with Crippen LogP contribution in [-0.4, -0.2) is 23.5 Å². The topological polar surface area (TPSA) is 106 Å². The molecular formula is C11H16N2O4. The summed E-state index contributed by atoms with van der Waals surface area (Å²) in [5.74, 6) is -0.850. The summed E-state index contributed by atoms with van der Waals surface area (Å²) < 4.78 is 4.99. The molecule has 0 radical (unpaired) electrons. The number of carboxylic acids is 1. The van der Waals surface area contributed by atoms with Gasteiger partial charge in [-0.25, -0.2) is 4.79 Å². The van der Waals surface area contributed by atoms with Crippen molar-refractivity contribution in [2.75, 3.05) is 6.54 Å². The van der Waals surface area contributed by atoms with Crippen LogP contribution in [0.5, 0.6) is 0 Å². The van der Waals surface area contributed by atoms with Crippen LogP contribution in [0.4, 0.5) is 0 Å². The van der Waals surface area contributed by atoms with E-state index in [0.29, 0.717) is 18.7 Å². The molecule has 0 aliphatic rings. The molecule has 0 aliphatic heterocycles. The quantitative estimate of drug-likeness (QED) is 0.674. The monoisotopic (exact) mass is 240 g/mol. The van der Waals surface area contributed by atoms with Crippen LogP contribution >= 0.6 is 0 Å². The minimum atomic E-state index is -1.13. The van der Waals surface area contributed by atoms with Crippen molar-refractivity contribution in [2.24, 2.45) is 11.7 Å². The number of hydrogen-bond donors (Lipinski definition) is 3. The second-order valence-corrected chi connectivity index (χ2v) is 3.89. The van der Waals surface area contributed by atoms with E-state index in [4.69, 9.17) is 15.3 Å². The third-order valence-electron chi connectivity index (χ3n) is 2.27. The molecule has 1 aromatic rings. The van der Waals surface area contributed by atoms with Crippen LogP contribution in [0.15, 0.2) is 16.5 Å². The first-order valence-electron chi connectivity index (χ1n) is 5.31. The highest BCUT2D eigenvalue weighted by atomic mass is 16.4. The summed E-state index contributed by atoms with van der Waals surface area (Å²) in [6.07, 6.45) is 0.350. The van der Waals surface area contributed by atoms with Gasteiger partial charge in [0.05, 0.1) is 6.54 Å². The second kappa shape index (κ2) is 6.05. The number of carbonyl (C=O) groups excluding carboxylic acids is 1. The molecular weight excluding hydrogens is 224 g/mol. The fraction of sp³-hybridized carbons (Fsp3) is 0.455. The summed E-state index contributed by atoms with van der Waals surface area (Å²) in [5, 5.41) is 11.3. The molecule has 0 spiro atoms. The molecule has 1 heterocycles. The van der Waals surface area contributed by atoms with Crippen molar-refractivity contribution in [3.8, 4) is 0 Å². The van der Waals surface area contributed by atoms with E-state index < -0.39 is 5.97 Å². The third-order valence-corrected chi connectivity index (χ3v) is 2.27. The van der Waals surface area contributed by atoms with E-state index in [2.05, 4.69) is 5.32 Å². The zero-order chi connectivity index (χ0) is 12.8. The van der Waals surface area contributed by atoms with Crippen LogP contribution in [0.3, 0.4) is 0 Å². The number of carboxylic acid groups (broad SMARTS) is 1. The van der Waals surface area contributed by atoms with Gasteiger partial charge in [-0.3, -0.25) is 4.79 Å². The smallest absolute Gasteiger partial charge is 0.371 e. The van der Waals surface area contributed by atoms with E-state index in [0.717, 1.165) is 0 Å². The van der Waals surface area contributed by atoms with E-state index >= 15 is 0 Å². The van der Waals surface area contributed by atoms with Crippen LogP contribution in [0.25, 0.3) is 0 Å². The van der Waals surface area contributed by atoms with Crippen molar-refractivity contribution in [3.63, 3.8) is 0 Å². The average Bonchev–Trinajstić information content (AvgIpc) is 2.75. The van der Waals surface area contributed by atoms with Gasteiger partial charge in [0, 0.05) is 6.42 Å². The van der Waals surface area contributed by atoms with Gasteiger partial charge in [-0.05, 0) is 24.6 Å². The fourth-order valence-electron chi connectivity index (χ4n) is 1.25. The summed E-state index contributed by atoms with van der Waals surface area (Å²) in [6.45, 7) is 2.52. The standard InChI is InChI=1S/C11H16N2O4/c1-7(5-12)4-10(14)13-6-8-2-3-9(17-8)11(15)16/h2-3,7H,4-6,12H2,1H3,(H,13,14)(H,15,16). The van der Waals surface area contributed by atoms with Gasteiger partial charge in [-0.1, -0.05) is 6.92 Å². The molecule has 1 atom stereocenters. The van der Waals surface area contributed by atoms with Gasteiger partial charge in [0.2, 0.25) is 11.7 Å². The van der Waals surface area contributed by atoms with Crippen LogP contribution < -0.4 is 11.1 Å². The molecule has 6 nitrogen and oxygen atoms in total. The molecule has 1 unspecified atom stereocenters. The molecule has 0 aromatic carbocycles. The lowest BCUT2D eigenvalue weighted by Crippen LogP contribution is -2.26. The fourth-order valence-corrected chi connectivity index (χ4v) is 1.25. The van der Waals surface area contributed by atoms with Crippen molar-refractivity contribution >= 4 is 11.9 Å². The Morgan fingerprint density at radius 2 is 2.24 bits per heavy atom. The highest BCUT2D eigenvalue weighted by molar-refractivity contribution is 5.84. The lowest BCUT2D eigenvalue weighted by molar-refractivity contribution is -0.122. The lowest BCUT2D eigenvalue weighted by Gasteiger charge is -2.07. The molecule has 1 aromatic heterocycles. The third kappa shape index (κ3) is 4.28. The van der Waals surface area contributed by atoms with Crippen LogP contribution in [-0.2, 0) is 11.3 Å². The number of hydrogen-bond acceptors (Lipinski definition) is 4. The maximum atomic E-state index is 11.4. The Bertz CT molecular complexity index is 400. The molecule has 0 saturated carbocycles. The Hall–Kier alpha value is -1.82. The second-order valence-electron chi connectivity index (χ2n) is 3.89. The number of rotatable bonds is 6. The van der Waals surface area contributed by atoms with Gasteiger partial charge in [0.1, 0.15) is 5.76 Å². The molecule has 17 heavy (non-hydrogen) atoms. The zero-order valence-corrected chi connectivity index (χ0v) is 9.60. The molecule has 1 amide bonds. The number of aromatic carboxylic acids is 1. The number of furan rings is 1. The molecule has 94 valence electrons. The number of nitrogens with two attached hydrogens (primary N) is 1. The predicted octanol–water partition coefficient (Wildman–Crippen LogP) is 0.579. The van der Waals surface area contributed by atoms with Crippen LogP contribution in [0.1, 0.15) is 29.7 Å². The van der Waals surface area contributed by atoms with Gasteiger partial charge in [-0.2, -0.15) is 0 Å². The Kier molecular flexibility index (Phi) is 4.71. The van der Waals surface area contributed by atoms with E-state index in [1.54, 1.807) is 0 Å². The van der Waals surface area contributed by atoms with Gasteiger partial charge in [0.25, 0.3) is 0 Å². The summed E-state index contributed by atoms with van der Waals surface area (Å²) in [7, 11) is 0. The zero-order valence-electron chi connectivity index (χ0n) is 9.60. The molecule has 0 bridgehead atoms. The van der Waals surface area contributed by atoms with Gasteiger partial charge < -0.3 is 20.6 Å².